The quantitative estimate of drug-likeness (QED) is 0.237. The van der Waals surface area contributed by atoms with E-state index in [1.165, 1.54) is 12.1 Å². The van der Waals surface area contributed by atoms with Gasteiger partial charge in [-0.3, -0.25) is 4.79 Å². The van der Waals surface area contributed by atoms with Crippen LogP contribution in [0.4, 0.5) is 5.69 Å². The van der Waals surface area contributed by atoms with Crippen LogP contribution in [0.1, 0.15) is 10.4 Å². The van der Waals surface area contributed by atoms with Crippen LogP contribution in [-0.2, 0) is 0 Å². The number of carbonyl (C=O) groups is 1. The number of carbonyl (C=O) groups excluding carboxylic acids is 1. The average Bonchev–Trinajstić information content (AvgIpc) is 2.51. The van der Waals surface area contributed by atoms with Gasteiger partial charge < -0.3 is 15.9 Å². The van der Waals surface area contributed by atoms with Crippen LogP contribution in [0.2, 0.25) is 0 Å². The summed E-state index contributed by atoms with van der Waals surface area (Å²) in [6, 6.07) is 9.65. The van der Waals surface area contributed by atoms with Gasteiger partial charge in [0.05, 0.1) is 16.6 Å². The minimum atomic E-state index is -0.804. The molecular formula is C15H11N3O3. The predicted molar refractivity (Wildman–Crippen MR) is 78.7 cm³/mol. The molecule has 0 aliphatic carbocycles. The predicted octanol–water partition coefficient (Wildman–Crippen LogP) is 3.16. The van der Waals surface area contributed by atoms with Crippen molar-refractivity contribution < 1.29 is 15.0 Å². The Morgan fingerprint density at radius 1 is 1.00 bits per heavy atom. The molecule has 3 rings (SSSR count). The first-order valence-electron chi connectivity index (χ1n) is 6.13. The molecule has 0 aliphatic rings. The zero-order valence-electron chi connectivity index (χ0n) is 10.8. The number of hydrogen-bond acceptors (Lipinski definition) is 5. The van der Waals surface area contributed by atoms with E-state index in [1.54, 1.807) is 24.3 Å². The van der Waals surface area contributed by atoms with Crippen LogP contribution in [0.25, 0.3) is 21.5 Å². The number of nitrogen functional groups attached to an aromatic ring is 1. The van der Waals surface area contributed by atoms with E-state index in [1.807, 2.05) is 0 Å². The molecule has 0 aliphatic heterocycles. The van der Waals surface area contributed by atoms with E-state index in [0.29, 0.717) is 16.2 Å². The van der Waals surface area contributed by atoms with Crippen molar-refractivity contribution in [2.24, 2.45) is 5.11 Å². The van der Waals surface area contributed by atoms with Crippen molar-refractivity contribution in [3.8, 4) is 11.5 Å². The highest BCUT2D eigenvalue weighted by Crippen LogP contribution is 2.44. The van der Waals surface area contributed by atoms with Crippen LogP contribution in [0.5, 0.6) is 11.5 Å². The molecule has 0 atom stereocenters. The molecule has 0 saturated carbocycles. The molecule has 1 amide bonds. The topological polar surface area (TPSA) is 120 Å². The Bertz CT molecular complexity index is 919. The second-order valence-corrected chi connectivity index (χ2v) is 4.61. The van der Waals surface area contributed by atoms with Gasteiger partial charge in [-0.2, -0.15) is 0 Å². The number of benzene rings is 3. The first-order chi connectivity index (χ1) is 10.1. The lowest BCUT2D eigenvalue weighted by atomic mass is 9.97. The van der Waals surface area contributed by atoms with Crippen molar-refractivity contribution in [3.63, 3.8) is 0 Å². The van der Waals surface area contributed by atoms with Gasteiger partial charge in [0.2, 0.25) is 0 Å². The maximum absolute atomic E-state index is 11.6. The molecule has 0 fully saturated rings. The highest BCUT2D eigenvalue weighted by molar-refractivity contribution is 6.18. The van der Waals surface area contributed by atoms with Gasteiger partial charge in [0, 0.05) is 16.2 Å². The highest BCUT2D eigenvalue weighted by Gasteiger charge is 2.19. The number of hydrogen-bond donors (Lipinski definition) is 4. The number of aromatic hydroxyl groups is 2. The number of fused-ring (bicyclic) bond motifs is 2. The van der Waals surface area contributed by atoms with Gasteiger partial charge >= 0.3 is 0 Å². The largest absolute Gasteiger partial charge is 0.507 e. The summed E-state index contributed by atoms with van der Waals surface area (Å²) in [5, 5.41) is 25.0. The minimum absolute atomic E-state index is 0.00736. The third kappa shape index (κ3) is 1.69. The smallest absolute Gasteiger partial charge is 0.296 e. The van der Waals surface area contributed by atoms with Crippen molar-refractivity contribution in [3.05, 3.63) is 42.0 Å². The molecule has 0 saturated heterocycles. The lowest BCUT2D eigenvalue weighted by Crippen LogP contribution is -2.01. The molecule has 0 aromatic heterocycles. The van der Waals surface area contributed by atoms with Gasteiger partial charge in [0.1, 0.15) is 11.5 Å². The number of nitrogens with one attached hydrogen (secondary N) is 1. The monoisotopic (exact) mass is 281 g/mol. The zero-order valence-corrected chi connectivity index (χ0v) is 10.8. The summed E-state index contributed by atoms with van der Waals surface area (Å²) in [6.45, 7) is 0. The van der Waals surface area contributed by atoms with E-state index < -0.39 is 5.91 Å². The van der Waals surface area contributed by atoms with Crippen molar-refractivity contribution in [2.75, 3.05) is 5.73 Å². The summed E-state index contributed by atoms with van der Waals surface area (Å²) >= 11 is 0. The van der Waals surface area contributed by atoms with E-state index in [9.17, 15) is 15.0 Å². The fourth-order valence-corrected chi connectivity index (χ4v) is 2.49. The molecule has 0 unspecified atom stereocenters. The number of phenols is 2. The summed E-state index contributed by atoms with van der Waals surface area (Å²) in [7, 11) is 0. The maximum atomic E-state index is 11.6. The first-order valence-corrected chi connectivity index (χ1v) is 6.13. The van der Waals surface area contributed by atoms with Crippen molar-refractivity contribution >= 4 is 33.1 Å². The van der Waals surface area contributed by atoms with Crippen LogP contribution >= 0.6 is 0 Å². The van der Waals surface area contributed by atoms with E-state index in [2.05, 4.69) is 5.11 Å². The zero-order chi connectivity index (χ0) is 15.1. The second kappa shape index (κ2) is 4.45. The molecule has 0 heterocycles. The van der Waals surface area contributed by atoms with Gasteiger partial charge in [-0.05, 0) is 12.1 Å². The summed E-state index contributed by atoms with van der Waals surface area (Å²) < 4.78 is 0. The Morgan fingerprint density at radius 2 is 1.62 bits per heavy atom. The van der Waals surface area contributed by atoms with Gasteiger partial charge in [0.25, 0.3) is 5.91 Å². The number of phenolic OH excluding ortho intramolecular Hbond substituents is 2. The molecule has 104 valence electrons. The third-order valence-electron chi connectivity index (χ3n) is 3.51. The van der Waals surface area contributed by atoms with Crippen LogP contribution in [0.15, 0.2) is 41.5 Å². The summed E-state index contributed by atoms with van der Waals surface area (Å²) in [4.78, 5) is 11.6. The molecule has 5 N–H and O–H groups in total. The number of amides is 1. The molecular weight excluding hydrogens is 270 g/mol. The summed E-state index contributed by atoms with van der Waals surface area (Å²) in [6.07, 6.45) is 0. The Balaban J connectivity index is 2.55. The van der Waals surface area contributed by atoms with Crippen LogP contribution in [0, 0.1) is 5.53 Å². The molecule has 6 heteroatoms. The third-order valence-corrected chi connectivity index (χ3v) is 3.51. The van der Waals surface area contributed by atoms with E-state index in [0.717, 1.165) is 0 Å². The highest BCUT2D eigenvalue weighted by atomic mass is 16.3. The normalized spacial score (nSPS) is 10.9. The molecule has 6 nitrogen and oxygen atoms in total. The van der Waals surface area contributed by atoms with Crippen molar-refractivity contribution in [1.29, 1.82) is 5.53 Å². The lowest BCUT2D eigenvalue weighted by molar-refractivity contribution is 0.0992. The van der Waals surface area contributed by atoms with Crippen molar-refractivity contribution in [2.45, 2.75) is 0 Å². The van der Waals surface area contributed by atoms with Gasteiger partial charge in [-0.1, -0.05) is 24.3 Å². The van der Waals surface area contributed by atoms with Crippen LogP contribution < -0.4 is 5.73 Å². The van der Waals surface area contributed by atoms with E-state index >= 15 is 0 Å². The Morgan fingerprint density at radius 3 is 2.24 bits per heavy atom. The number of anilines is 1. The SMILES string of the molecule is N=NC(=O)c1ccc2c(O)c3ccccc3c(O)c2c1N. The average molecular weight is 281 g/mol. The lowest BCUT2D eigenvalue weighted by Gasteiger charge is -2.12. The molecule has 0 radical (unpaired) electrons. The fourth-order valence-electron chi connectivity index (χ4n) is 2.49. The van der Waals surface area contributed by atoms with E-state index in [-0.39, 0.29) is 28.1 Å². The molecule has 0 bridgehead atoms. The van der Waals surface area contributed by atoms with Crippen LogP contribution in [0.3, 0.4) is 0 Å². The van der Waals surface area contributed by atoms with Gasteiger partial charge in [-0.15, -0.1) is 5.11 Å². The molecule has 3 aromatic rings. The molecule has 0 spiro atoms. The molecule has 21 heavy (non-hydrogen) atoms. The number of rotatable bonds is 1. The minimum Gasteiger partial charge on any atom is -0.507 e. The Kier molecular flexibility index (Phi) is 2.72. The molecule has 3 aromatic carbocycles. The van der Waals surface area contributed by atoms with Gasteiger partial charge in [0.15, 0.2) is 0 Å². The Labute approximate surface area is 118 Å². The van der Waals surface area contributed by atoms with E-state index in [4.69, 9.17) is 11.3 Å². The van der Waals surface area contributed by atoms with Gasteiger partial charge in [-0.25, -0.2) is 5.53 Å². The standard InChI is InChI=1S/C15H11N3O3/c16-12-10(15(21)18-17)6-5-9-11(12)14(20)8-4-2-1-3-7(8)13(9)19/h1-6,17,19-20H,16H2. The van der Waals surface area contributed by atoms with Crippen molar-refractivity contribution in [1.82, 2.24) is 0 Å². The summed E-state index contributed by atoms with van der Waals surface area (Å²) in [5.74, 6) is -0.941. The number of nitrogens with two attached hydrogens (primary N) is 1. The van der Waals surface area contributed by atoms with Crippen LogP contribution in [-0.4, -0.2) is 16.1 Å². The second-order valence-electron chi connectivity index (χ2n) is 4.61. The number of nitrogens with zero attached hydrogens (tertiary/aromatic N) is 1. The summed E-state index contributed by atoms with van der Waals surface area (Å²) in [5.41, 5.74) is 12.7. The maximum Gasteiger partial charge on any atom is 0.296 e. The Hall–Kier alpha value is -3.15. The first kappa shape index (κ1) is 12.9. The fraction of sp³-hybridized carbons (Fsp3) is 0.